The summed E-state index contributed by atoms with van der Waals surface area (Å²) in [6.07, 6.45) is 0.0866. The summed E-state index contributed by atoms with van der Waals surface area (Å²) >= 11 is 5.83. The summed E-state index contributed by atoms with van der Waals surface area (Å²) in [5.41, 5.74) is 0.929. The summed E-state index contributed by atoms with van der Waals surface area (Å²) < 4.78 is 39.3. The molecule has 0 amide bonds. The Labute approximate surface area is 172 Å². The Balaban J connectivity index is 1.83. The average molecular weight is 434 g/mol. The first-order valence-corrected chi connectivity index (χ1v) is 10.6. The second-order valence-electron chi connectivity index (χ2n) is 6.76. The molecule has 29 heavy (non-hydrogen) atoms. The first-order valence-electron chi connectivity index (χ1n) is 8.71. The van der Waals surface area contributed by atoms with Crippen LogP contribution in [0.1, 0.15) is 29.3 Å². The molecule has 2 aromatic carbocycles. The summed E-state index contributed by atoms with van der Waals surface area (Å²) in [6.45, 7) is 1.79. The molecule has 2 aliphatic rings. The van der Waals surface area contributed by atoms with E-state index in [2.05, 4.69) is 4.72 Å². The number of fused-ring (bicyclic) bond motifs is 2. The van der Waals surface area contributed by atoms with E-state index in [1.54, 1.807) is 6.92 Å². The number of halogens is 1. The number of Topliss-reactive ketones (excluding diaryl/α,β-unsaturated/α-hetero) is 2. The summed E-state index contributed by atoms with van der Waals surface area (Å²) in [7, 11) is -2.79. The van der Waals surface area contributed by atoms with E-state index in [1.807, 2.05) is 0 Å². The number of ketones is 2. The van der Waals surface area contributed by atoms with E-state index in [9.17, 15) is 18.0 Å². The highest BCUT2D eigenvalue weighted by molar-refractivity contribution is 7.92. The Morgan fingerprint density at radius 2 is 1.79 bits per heavy atom. The molecule has 1 aliphatic carbocycles. The SMILES string of the molecule is COc1cc2c(cc1S(=O)(=O)Nc1ccc(Cl)cc1)C(=O)C(=O)C1=C2OC(C)C1. The predicted octanol–water partition coefficient (Wildman–Crippen LogP) is 3.43. The predicted molar refractivity (Wildman–Crippen MR) is 107 cm³/mol. The fourth-order valence-corrected chi connectivity index (χ4v) is 4.77. The van der Waals surface area contributed by atoms with Crippen LogP contribution in [0.25, 0.3) is 5.76 Å². The van der Waals surface area contributed by atoms with Crippen LogP contribution in [0, 0.1) is 0 Å². The average Bonchev–Trinajstić information content (AvgIpc) is 3.08. The summed E-state index contributed by atoms with van der Waals surface area (Å²) in [5.74, 6) is -1.09. The number of benzene rings is 2. The number of carbonyl (C=O) groups is 2. The van der Waals surface area contributed by atoms with Gasteiger partial charge < -0.3 is 9.47 Å². The van der Waals surface area contributed by atoms with Gasteiger partial charge in [-0.2, -0.15) is 0 Å². The highest BCUT2D eigenvalue weighted by Gasteiger charge is 2.40. The number of rotatable bonds is 4. The van der Waals surface area contributed by atoms with E-state index in [1.165, 1.54) is 37.4 Å². The maximum absolute atomic E-state index is 13.0. The fraction of sp³-hybridized carbons (Fsp3) is 0.200. The van der Waals surface area contributed by atoms with Crippen LogP contribution >= 0.6 is 11.6 Å². The highest BCUT2D eigenvalue weighted by Crippen LogP contribution is 2.42. The third-order valence-electron chi connectivity index (χ3n) is 4.74. The van der Waals surface area contributed by atoms with Crippen LogP contribution in [0.3, 0.4) is 0 Å². The number of hydrogen-bond donors (Lipinski definition) is 1. The van der Waals surface area contributed by atoms with E-state index >= 15 is 0 Å². The maximum Gasteiger partial charge on any atom is 0.265 e. The molecule has 0 radical (unpaired) electrons. The number of sulfonamides is 1. The first kappa shape index (κ1) is 19.5. The van der Waals surface area contributed by atoms with Crippen LogP contribution in [0.4, 0.5) is 5.69 Å². The summed E-state index contributed by atoms with van der Waals surface area (Å²) in [5, 5.41) is 0.457. The van der Waals surface area contributed by atoms with E-state index < -0.39 is 21.6 Å². The van der Waals surface area contributed by atoms with Gasteiger partial charge in [-0.1, -0.05) is 11.6 Å². The minimum atomic E-state index is -4.11. The lowest BCUT2D eigenvalue weighted by atomic mass is 9.87. The fourth-order valence-electron chi connectivity index (χ4n) is 3.41. The molecule has 9 heteroatoms. The Bertz CT molecular complexity index is 1180. The Morgan fingerprint density at radius 1 is 1.10 bits per heavy atom. The number of ether oxygens (including phenoxy) is 2. The molecule has 0 saturated carbocycles. The number of carbonyl (C=O) groups excluding carboxylic acids is 2. The van der Waals surface area contributed by atoms with Crippen LogP contribution in [-0.2, 0) is 19.6 Å². The van der Waals surface area contributed by atoms with E-state index in [0.29, 0.717) is 28.3 Å². The first-order chi connectivity index (χ1) is 13.7. The number of methoxy groups -OCH3 is 1. The standard InChI is InChI=1S/C20H16ClNO6S/c1-10-7-15-19(24)18(23)13-9-17(16(27-2)8-14(13)20(15)28-10)29(25,26)22-12-5-3-11(21)4-6-12/h3-6,8-10,22H,7H2,1-2H3. The molecule has 1 atom stereocenters. The molecule has 0 saturated heterocycles. The Hall–Kier alpha value is -2.84. The largest absolute Gasteiger partial charge is 0.495 e. The van der Waals surface area contributed by atoms with Crippen molar-refractivity contribution < 1.29 is 27.5 Å². The second-order valence-corrected chi connectivity index (χ2v) is 8.85. The quantitative estimate of drug-likeness (QED) is 0.741. The van der Waals surface area contributed by atoms with Crippen molar-refractivity contribution in [1.29, 1.82) is 0 Å². The molecule has 0 spiro atoms. The zero-order chi connectivity index (χ0) is 20.9. The Kier molecular flexibility index (Phi) is 4.63. The van der Waals surface area contributed by atoms with Crippen molar-refractivity contribution in [3.8, 4) is 5.75 Å². The second kappa shape index (κ2) is 6.89. The van der Waals surface area contributed by atoms with Gasteiger partial charge in [0.25, 0.3) is 10.0 Å². The number of nitrogens with one attached hydrogen (secondary N) is 1. The zero-order valence-electron chi connectivity index (χ0n) is 15.5. The van der Waals surface area contributed by atoms with Gasteiger partial charge >= 0.3 is 0 Å². The van der Waals surface area contributed by atoms with Gasteiger partial charge in [0, 0.05) is 33.8 Å². The van der Waals surface area contributed by atoms with Crippen LogP contribution in [-0.4, -0.2) is 33.2 Å². The Morgan fingerprint density at radius 3 is 2.45 bits per heavy atom. The molecule has 4 rings (SSSR count). The normalized spacial score (nSPS) is 18.2. The number of anilines is 1. The molecular formula is C20H16ClNO6S. The van der Waals surface area contributed by atoms with Crippen molar-refractivity contribution in [3.05, 3.63) is 58.1 Å². The zero-order valence-corrected chi connectivity index (χ0v) is 17.1. The van der Waals surface area contributed by atoms with Crippen molar-refractivity contribution >= 4 is 44.6 Å². The monoisotopic (exact) mass is 433 g/mol. The van der Waals surface area contributed by atoms with Gasteiger partial charge in [-0.3, -0.25) is 14.3 Å². The maximum atomic E-state index is 13.0. The molecule has 7 nitrogen and oxygen atoms in total. The van der Waals surface area contributed by atoms with Crippen molar-refractivity contribution in [1.82, 2.24) is 0 Å². The molecule has 150 valence electrons. The van der Waals surface area contributed by atoms with E-state index in [0.717, 1.165) is 6.07 Å². The van der Waals surface area contributed by atoms with E-state index in [4.69, 9.17) is 21.1 Å². The summed E-state index contributed by atoms with van der Waals surface area (Å²) in [6, 6.07) is 8.66. The highest BCUT2D eigenvalue weighted by atomic mass is 35.5. The lowest BCUT2D eigenvalue weighted by Crippen LogP contribution is -2.24. The van der Waals surface area contributed by atoms with Gasteiger partial charge in [-0.15, -0.1) is 0 Å². The minimum absolute atomic E-state index is 0.0277. The molecule has 1 N–H and O–H groups in total. The molecule has 0 bridgehead atoms. The molecule has 0 aromatic heterocycles. The lowest BCUT2D eigenvalue weighted by Gasteiger charge is -2.19. The van der Waals surface area contributed by atoms with Crippen molar-refractivity contribution in [2.24, 2.45) is 0 Å². The third-order valence-corrected chi connectivity index (χ3v) is 6.40. The van der Waals surface area contributed by atoms with Crippen LogP contribution in [0.5, 0.6) is 5.75 Å². The summed E-state index contributed by atoms with van der Waals surface area (Å²) in [4.78, 5) is 24.8. The molecule has 1 aliphatic heterocycles. The molecule has 2 aromatic rings. The van der Waals surface area contributed by atoms with Gasteiger partial charge in [-0.25, -0.2) is 8.42 Å². The van der Waals surface area contributed by atoms with Crippen LogP contribution in [0.2, 0.25) is 5.02 Å². The van der Waals surface area contributed by atoms with Crippen molar-refractivity contribution in [3.63, 3.8) is 0 Å². The van der Waals surface area contributed by atoms with Crippen LogP contribution < -0.4 is 9.46 Å². The molecule has 1 unspecified atom stereocenters. The van der Waals surface area contributed by atoms with Crippen molar-refractivity contribution in [2.75, 3.05) is 11.8 Å². The molecule has 1 heterocycles. The topological polar surface area (TPSA) is 98.8 Å². The van der Waals surface area contributed by atoms with Crippen molar-refractivity contribution in [2.45, 2.75) is 24.3 Å². The van der Waals surface area contributed by atoms with E-state index in [-0.39, 0.29) is 28.0 Å². The minimum Gasteiger partial charge on any atom is -0.495 e. The smallest absolute Gasteiger partial charge is 0.265 e. The van der Waals surface area contributed by atoms with Gasteiger partial charge in [-0.05, 0) is 43.3 Å². The molecule has 0 fully saturated rings. The van der Waals surface area contributed by atoms with Gasteiger partial charge in [0.1, 0.15) is 22.5 Å². The lowest BCUT2D eigenvalue weighted by molar-refractivity contribution is -0.112. The van der Waals surface area contributed by atoms with Gasteiger partial charge in [0.2, 0.25) is 11.6 Å². The number of hydrogen-bond acceptors (Lipinski definition) is 6. The van der Waals surface area contributed by atoms with Crippen LogP contribution in [0.15, 0.2) is 46.9 Å². The van der Waals surface area contributed by atoms with Gasteiger partial charge in [0.15, 0.2) is 0 Å². The third kappa shape index (κ3) is 3.28. The molecular weight excluding hydrogens is 418 g/mol. The van der Waals surface area contributed by atoms with Gasteiger partial charge in [0.05, 0.1) is 7.11 Å².